The van der Waals surface area contributed by atoms with Gasteiger partial charge in [0.25, 0.3) is 0 Å². The Balaban J connectivity index is 1.35. The minimum Gasteiger partial charge on any atom is -0.507 e. The number of hydrogen-bond acceptors (Lipinski definition) is 6. The molecule has 0 radical (unpaired) electrons. The van der Waals surface area contributed by atoms with Crippen molar-refractivity contribution in [3.63, 3.8) is 0 Å². The summed E-state index contributed by atoms with van der Waals surface area (Å²) in [5.41, 5.74) is 3.21. The second-order valence-corrected chi connectivity index (χ2v) is 8.02. The van der Waals surface area contributed by atoms with Crippen molar-refractivity contribution in [1.82, 2.24) is 20.4 Å². The highest BCUT2D eigenvalue weighted by atomic mass is 16.3. The fourth-order valence-electron chi connectivity index (χ4n) is 4.30. The van der Waals surface area contributed by atoms with Crippen molar-refractivity contribution in [2.45, 2.75) is 31.7 Å². The van der Waals surface area contributed by atoms with Crippen LogP contribution < -0.4 is 5.32 Å². The summed E-state index contributed by atoms with van der Waals surface area (Å²) in [4.78, 5) is 2.37. The topological polar surface area (TPSA) is 88.9 Å². The number of aromatic nitrogens is 2. The van der Waals surface area contributed by atoms with Crippen LogP contribution in [0.25, 0.3) is 11.1 Å². The molecule has 3 aliphatic rings. The summed E-state index contributed by atoms with van der Waals surface area (Å²) in [6, 6.07) is 6.16. The summed E-state index contributed by atoms with van der Waals surface area (Å²) in [6.07, 6.45) is 12.4. The molecule has 150 valence electrons. The van der Waals surface area contributed by atoms with Gasteiger partial charge in [0.15, 0.2) is 0 Å². The van der Waals surface area contributed by atoms with E-state index in [1.54, 1.807) is 18.5 Å². The van der Waals surface area contributed by atoms with Gasteiger partial charge in [-0.3, -0.25) is 5.10 Å². The van der Waals surface area contributed by atoms with Gasteiger partial charge < -0.3 is 15.3 Å². The van der Waals surface area contributed by atoms with Crippen molar-refractivity contribution in [2.24, 2.45) is 16.1 Å². The predicted octanol–water partition coefficient (Wildman–Crippen LogP) is 2.92. The molecule has 0 spiro atoms. The minimum absolute atomic E-state index is 0.193. The molecular formula is C22H26N6O. The van der Waals surface area contributed by atoms with Gasteiger partial charge in [-0.25, -0.2) is 0 Å². The lowest BCUT2D eigenvalue weighted by Crippen LogP contribution is -2.56. The van der Waals surface area contributed by atoms with Crippen molar-refractivity contribution in [3.05, 3.63) is 48.3 Å². The molecule has 1 aromatic heterocycles. The molecular weight excluding hydrogens is 364 g/mol. The predicted molar refractivity (Wildman–Crippen MR) is 114 cm³/mol. The number of aromatic amines is 1. The Morgan fingerprint density at radius 2 is 2.07 bits per heavy atom. The van der Waals surface area contributed by atoms with E-state index >= 15 is 0 Å². The summed E-state index contributed by atoms with van der Waals surface area (Å²) in [5, 5.41) is 30.1. The number of amidine groups is 1. The van der Waals surface area contributed by atoms with E-state index in [0.717, 1.165) is 48.9 Å². The van der Waals surface area contributed by atoms with E-state index in [1.807, 2.05) is 18.2 Å². The van der Waals surface area contributed by atoms with Crippen molar-refractivity contribution in [2.75, 3.05) is 19.6 Å². The summed E-state index contributed by atoms with van der Waals surface area (Å²) >= 11 is 0. The highest BCUT2D eigenvalue weighted by molar-refractivity contribution is 6.11. The number of hydrogen-bond donors (Lipinski definition) is 3. The standard InChI is InChI=1S/C22H26N6O/c29-21-11-16(17-12-24-25-13-17)7-8-18(21)19-5-2-6-22(27-26-19)28-10-9-23-20(14-28)15-3-1-4-15/h2,5,7-8,11-13,15,20,23,29H,1,3-4,6,9-10,14H2,(H,24,25). The number of nitrogens with zero attached hydrogens (tertiary/aromatic N) is 4. The van der Waals surface area contributed by atoms with Crippen molar-refractivity contribution in [1.29, 1.82) is 0 Å². The maximum absolute atomic E-state index is 10.6. The molecule has 7 heteroatoms. The lowest BCUT2D eigenvalue weighted by molar-refractivity contribution is 0.168. The first-order valence-electron chi connectivity index (χ1n) is 10.4. The average Bonchev–Trinajstić information content (AvgIpc) is 3.12. The largest absolute Gasteiger partial charge is 0.507 e. The molecule has 2 fully saturated rings. The van der Waals surface area contributed by atoms with Crippen LogP contribution in [0.15, 0.2) is 52.9 Å². The molecule has 3 heterocycles. The molecule has 0 bridgehead atoms. The molecule has 1 aliphatic carbocycles. The van der Waals surface area contributed by atoms with Crippen LogP contribution in [0.3, 0.4) is 0 Å². The molecule has 1 saturated carbocycles. The first-order valence-corrected chi connectivity index (χ1v) is 10.4. The fraction of sp³-hybridized carbons (Fsp3) is 0.409. The van der Waals surface area contributed by atoms with Crippen LogP contribution in [-0.4, -0.2) is 57.4 Å². The zero-order valence-electron chi connectivity index (χ0n) is 16.4. The van der Waals surface area contributed by atoms with Crippen LogP contribution >= 0.6 is 0 Å². The zero-order chi connectivity index (χ0) is 19.6. The fourth-order valence-corrected chi connectivity index (χ4v) is 4.30. The summed E-state index contributed by atoms with van der Waals surface area (Å²) in [5.74, 6) is 2.01. The van der Waals surface area contributed by atoms with Gasteiger partial charge in [0.05, 0.1) is 11.9 Å². The van der Waals surface area contributed by atoms with Crippen LogP contribution in [0.5, 0.6) is 5.75 Å². The van der Waals surface area contributed by atoms with E-state index in [1.165, 1.54) is 19.3 Å². The van der Waals surface area contributed by atoms with E-state index in [2.05, 4.69) is 36.7 Å². The van der Waals surface area contributed by atoms with Crippen LogP contribution in [0.2, 0.25) is 0 Å². The third-order valence-electron chi connectivity index (χ3n) is 6.24. The molecule has 29 heavy (non-hydrogen) atoms. The molecule has 2 aliphatic heterocycles. The maximum Gasteiger partial charge on any atom is 0.131 e. The van der Waals surface area contributed by atoms with Crippen LogP contribution in [-0.2, 0) is 0 Å². The van der Waals surface area contributed by atoms with Gasteiger partial charge in [0.2, 0.25) is 0 Å². The van der Waals surface area contributed by atoms with Crippen molar-refractivity contribution >= 4 is 11.5 Å². The molecule has 0 amide bonds. The normalized spacial score (nSPS) is 22.6. The molecule has 5 rings (SSSR count). The number of aromatic hydroxyl groups is 1. The molecule has 1 saturated heterocycles. The van der Waals surface area contributed by atoms with Gasteiger partial charge in [0, 0.05) is 49.4 Å². The van der Waals surface area contributed by atoms with Crippen LogP contribution in [0.4, 0.5) is 0 Å². The van der Waals surface area contributed by atoms with E-state index in [-0.39, 0.29) is 5.75 Å². The number of phenols is 1. The van der Waals surface area contributed by atoms with Gasteiger partial charge in [-0.1, -0.05) is 18.6 Å². The second-order valence-electron chi connectivity index (χ2n) is 8.02. The van der Waals surface area contributed by atoms with E-state index < -0.39 is 0 Å². The average molecular weight is 390 g/mol. The summed E-state index contributed by atoms with van der Waals surface area (Å²) < 4.78 is 0. The Bertz CT molecular complexity index is 958. The molecule has 1 aromatic carbocycles. The highest BCUT2D eigenvalue weighted by Gasteiger charge is 2.31. The highest BCUT2D eigenvalue weighted by Crippen LogP contribution is 2.31. The van der Waals surface area contributed by atoms with Gasteiger partial charge in [-0.05, 0) is 42.5 Å². The van der Waals surface area contributed by atoms with Crippen LogP contribution in [0.1, 0.15) is 31.2 Å². The second kappa shape index (κ2) is 7.83. The zero-order valence-corrected chi connectivity index (χ0v) is 16.4. The number of allylic oxidation sites excluding steroid dienone is 1. The van der Waals surface area contributed by atoms with Crippen molar-refractivity contribution in [3.8, 4) is 16.9 Å². The Morgan fingerprint density at radius 1 is 1.14 bits per heavy atom. The smallest absolute Gasteiger partial charge is 0.131 e. The first-order chi connectivity index (χ1) is 14.3. The van der Waals surface area contributed by atoms with Gasteiger partial charge >= 0.3 is 0 Å². The SMILES string of the molecule is Oc1cc(-c2cn[nH]c2)ccc1C1=NN=C(N2CCNC(C3CCC3)C2)CC=C1. The number of H-pyrrole nitrogens is 1. The van der Waals surface area contributed by atoms with Crippen LogP contribution in [0, 0.1) is 5.92 Å². The van der Waals surface area contributed by atoms with E-state index in [9.17, 15) is 5.11 Å². The number of piperazine rings is 1. The Hall–Kier alpha value is -2.93. The quantitative estimate of drug-likeness (QED) is 0.752. The minimum atomic E-state index is 0.193. The van der Waals surface area contributed by atoms with E-state index in [0.29, 0.717) is 17.3 Å². The first kappa shape index (κ1) is 18.1. The summed E-state index contributed by atoms with van der Waals surface area (Å²) in [6.45, 7) is 2.97. The lowest BCUT2D eigenvalue weighted by atomic mass is 9.79. The Kier molecular flexibility index (Phi) is 4.89. The number of phenolic OH excluding ortho intramolecular Hbond substituents is 1. The number of nitrogens with one attached hydrogen (secondary N) is 2. The third kappa shape index (κ3) is 3.70. The Morgan fingerprint density at radius 3 is 2.83 bits per heavy atom. The molecule has 2 aromatic rings. The molecule has 7 nitrogen and oxygen atoms in total. The van der Waals surface area contributed by atoms with Gasteiger partial charge in [-0.2, -0.15) is 5.10 Å². The lowest BCUT2D eigenvalue weighted by Gasteiger charge is -2.42. The third-order valence-corrected chi connectivity index (χ3v) is 6.24. The number of rotatable bonds is 3. The molecule has 1 unspecified atom stereocenters. The van der Waals surface area contributed by atoms with E-state index in [4.69, 9.17) is 0 Å². The molecule has 3 N–H and O–H groups in total. The monoisotopic (exact) mass is 390 g/mol. The summed E-state index contributed by atoms with van der Waals surface area (Å²) in [7, 11) is 0. The Labute approximate surface area is 170 Å². The van der Waals surface area contributed by atoms with Gasteiger partial charge in [0.1, 0.15) is 11.6 Å². The number of benzene rings is 1. The van der Waals surface area contributed by atoms with Crippen molar-refractivity contribution < 1.29 is 5.11 Å². The van der Waals surface area contributed by atoms with Gasteiger partial charge in [-0.15, -0.1) is 10.2 Å². The maximum atomic E-state index is 10.6. The molecule has 1 atom stereocenters.